The van der Waals surface area contributed by atoms with Gasteiger partial charge in [0.05, 0.1) is 6.61 Å². The summed E-state index contributed by atoms with van der Waals surface area (Å²) in [5, 5.41) is 0. The number of Topliss-reactive ketones (excluding diaryl/α,β-unsaturated/α-hetero) is 1. The minimum Gasteiger partial charge on any atom is -0.494 e. The minimum atomic E-state index is -4.38. The molecule has 0 aliphatic rings. The van der Waals surface area contributed by atoms with Crippen molar-refractivity contribution in [3.63, 3.8) is 0 Å². The zero-order chi connectivity index (χ0) is 13.8. The molecule has 0 aromatic heterocycles. The molecule has 0 heterocycles. The van der Waals surface area contributed by atoms with Crippen LogP contribution in [0.4, 0.5) is 13.2 Å². The molecule has 0 N–H and O–H groups in total. The second kappa shape index (κ2) is 6.13. The van der Waals surface area contributed by atoms with E-state index >= 15 is 0 Å². The van der Waals surface area contributed by atoms with Crippen molar-refractivity contribution in [3.8, 4) is 5.75 Å². The topological polar surface area (TPSA) is 26.3 Å². The van der Waals surface area contributed by atoms with Crippen LogP contribution in [-0.4, -0.2) is 17.9 Å². The average molecular weight is 278 g/mol. The molecule has 18 heavy (non-hydrogen) atoms. The molecule has 0 saturated carbocycles. The molecule has 100 valence electrons. The highest BCUT2D eigenvalue weighted by molar-refractivity contribution is 8.00. The molecular formula is C12H13F3O2S. The Labute approximate surface area is 108 Å². The molecule has 0 spiro atoms. The van der Waals surface area contributed by atoms with Crippen molar-refractivity contribution in [1.82, 2.24) is 0 Å². The van der Waals surface area contributed by atoms with Crippen LogP contribution >= 0.6 is 11.8 Å². The van der Waals surface area contributed by atoms with Gasteiger partial charge < -0.3 is 4.74 Å². The smallest absolute Gasteiger partial charge is 0.446 e. The fourth-order valence-electron chi connectivity index (χ4n) is 1.48. The van der Waals surface area contributed by atoms with E-state index in [0.717, 1.165) is 0 Å². The maximum Gasteiger partial charge on any atom is 0.446 e. The minimum absolute atomic E-state index is 0.0173. The lowest BCUT2D eigenvalue weighted by Crippen LogP contribution is -2.06. The third kappa shape index (κ3) is 4.60. The van der Waals surface area contributed by atoms with E-state index in [2.05, 4.69) is 0 Å². The number of hydrogen-bond donors (Lipinski definition) is 0. The lowest BCUT2D eigenvalue weighted by Gasteiger charge is -2.14. The number of thioether (sulfide) groups is 1. The Morgan fingerprint density at radius 3 is 2.56 bits per heavy atom. The van der Waals surface area contributed by atoms with Gasteiger partial charge in [0.25, 0.3) is 0 Å². The number of rotatable bonds is 5. The van der Waals surface area contributed by atoms with Crippen molar-refractivity contribution >= 4 is 17.5 Å². The first kappa shape index (κ1) is 14.9. The highest BCUT2D eigenvalue weighted by Gasteiger charge is 2.31. The lowest BCUT2D eigenvalue weighted by molar-refractivity contribution is -0.116. The predicted molar refractivity (Wildman–Crippen MR) is 63.9 cm³/mol. The SMILES string of the molecule is CCOc1cccc(SC(F)(F)F)c1CC(C)=O. The standard InChI is InChI=1S/C12H13F3O2S/c1-3-17-10-5-4-6-11(18-12(13,14)15)9(10)7-8(2)16/h4-6H,3,7H2,1-2H3. The molecule has 1 rings (SSSR count). The van der Waals surface area contributed by atoms with Gasteiger partial charge in [-0.3, -0.25) is 4.79 Å². The third-order valence-corrected chi connectivity index (χ3v) is 2.88. The summed E-state index contributed by atoms with van der Waals surface area (Å²) >= 11 is -0.223. The Hall–Kier alpha value is -1.17. The maximum absolute atomic E-state index is 12.4. The van der Waals surface area contributed by atoms with Gasteiger partial charge in [-0.2, -0.15) is 13.2 Å². The van der Waals surface area contributed by atoms with Crippen molar-refractivity contribution in [1.29, 1.82) is 0 Å². The van der Waals surface area contributed by atoms with E-state index in [0.29, 0.717) is 17.9 Å². The first-order valence-electron chi connectivity index (χ1n) is 5.33. The van der Waals surface area contributed by atoms with E-state index in [1.165, 1.54) is 19.1 Å². The Bertz CT molecular complexity index is 430. The van der Waals surface area contributed by atoms with Crippen molar-refractivity contribution in [3.05, 3.63) is 23.8 Å². The molecule has 2 nitrogen and oxygen atoms in total. The van der Waals surface area contributed by atoms with Gasteiger partial charge in [-0.05, 0) is 37.7 Å². The van der Waals surface area contributed by atoms with E-state index in [-0.39, 0.29) is 28.9 Å². The first-order chi connectivity index (χ1) is 8.33. The number of carbonyl (C=O) groups is 1. The van der Waals surface area contributed by atoms with Crippen LogP contribution in [0, 0.1) is 0 Å². The van der Waals surface area contributed by atoms with Crippen LogP contribution < -0.4 is 4.74 Å². The zero-order valence-electron chi connectivity index (χ0n) is 10.0. The van der Waals surface area contributed by atoms with E-state index in [1.807, 2.05) is 0 Å². The molecule has 0 amide bonds. The highest BCUT2D eigenvalue weighted by atomic mass is 32.2. The number of alkyl halides is 3. The Kier molecular flexibility index (Phi) is 5.07. The number of carbonyl (C=O) groups excluding carboxylic acids is 1. The molecule has 0 fully saturated rings. The lowest BCUT2D eigenvalue weighted by atomic mass is 10.1. The molecule has 0 aliphatic heterocycles. The summed E-state index contributed by atoms with van der Waals surface area (Å²) < 4.78 is 42.5. The van der Waals surface area contributed by atoms with Gasteiger partial charge in [0.2, 0.25) is 0 Å². The summed E-state index contributed by atoms with van der Waals surface area (Å²) in [4.78, 5) is 11.2. The summed E-state index contributed by atoms with van der Waals surface area (Å²) in [5.41, 5.74) is -4.08. The van der Waals surface area contributed by atoms with Gasteiger partial charge in [-0.25, -0.2) is 0 Å². The van der Waals surface area contributed by atoms with Crippen LogP contribution in [0.5, 0.6) is 5.75 Å². The summed E-state index contributed by atoms with van der Waals surface area (Å²) in [6.07, 6.45) is -0.0609. The average Bonchev–Trinajstić information content (AvgIpc) is 2.20. The largest absolute Gasteiger partial charge is 0.494 e. The van der Waals surface area contributed by atoms with E-state index in [9.17, 15) is 18.0 Å². The predicted octanol–water partition coefficient (Wildman–Crippen LogP) is 3.83. The molecule has 0 atom stereocenters. The second-order valence-electron chi connectivity index (χ2n) is 3.59. The molecule has 0 radical (unpaired) electrons. The van der Waals surface area contributed by atoms with Crippen LogP contribution in [0.15, 0.2) is 23.1 Å². The van der Waals surface area contributed by atoms with Crippen molar-refractivity contribution in [2.24, 2.45) is 0 Å². The van der Waals surface area contributed by atoms with Crippen LogP contribution in [0.2, 0.25) is 0 Å². The van der Waals surface area contributed by atoms with E-state index in [4.69, 9.17) is 4.74 Å². The normalized spacial score (nSPS) is 11.4. The molecule has 0 aliphatic carbocycles. The molecule has 0 unspecified atom stereocenters. The highest BCUT2D eigenvalue weighted by Crippen LogP contribution is 2.41. The Morgan fingerprint density at radius 1 is 1.39 bits per heavy atom. The van der Waals surface area contributed by atoms with Crippen molar-refractivity contribution in [2.75, 3.05) is 6.61 Å². The van der Waals surface area contributed by atoms with Crippen molar-refractivity contribution < 1.29 is 22.7 Å². The van der Waals surface area contributed by atoms with E-state index < -0.39 is 5.51 Å². The molecule has 1 aromatic rings. The van der Waals surface area contributed by atoms with Gasteiger partial charge in [-0.15, -0.1) is 0 Å². The monoisotopic (exact) mass is 278 g/mol. The summed E-state index contributed by atoms with van der Waals surface area (Å²) in [6.45, 7) is 3.41. The van der Waals surface area contributed by atoms with Crippen LogP contribution in [0.25, 0.3) is 0 Å². The van der Waals surface area contributed by atoms with Gasteiger partial charge in [0.15, 0.2) is 0 Å². The fourth-order valence-corrected chi connectivity index (χ4v) is 2.17. The first-order valence-corrected chi connectivity index (χ1v) is 6.15. The van der Waals surface area contributed by atoms with E-state index in [1.54, 1.807) is 13.0 Å². The molecule has 1 aromatic carbocycles. The number of hydrogen-bond acceptors (Lipinski definition) is 3. The maximum atomic E-state index is 12.4. The van der Waals surface area contributed by atoms with Gasteiger partial charge >= 0.3 is 5.51 Å². The number of benzene rings is 1. The Balaban J connectivity index is 3.14. The number of halogens is 3. The number of ketones is 1. The van der Waals surface area contributed by atoms with Gasteiger partial charge in [-0.1, -0.05) is 6.07 Å². The van der Waals surface area contributed by atoms with Crippen LogP contribution in [-0.2, 0) is 11.2 Å². The van der Waals surface area contributed by atoms with Crippen molar-refractivity contribution in [2.45, 2.75) is 30.7 Å². The summed E-state index contributed by atoms with van der Waals surface area (Å²) in [5.74, 6) is 0.133. The summed E-state index contributed by atoms with van der Waals surface area (Å²) in [6, 6.07) is 4.41. The molecule has 6 heteroatoms. The summed E-state index contributed by atoms with van der Waals surface area (Å²) in [7, 11) is 0. The third-order valence-electron chi connectivity index (χ3n) is 2.04. The second-order valence-corrected chi connectivity index (χ2v) is 4.70. The molecule has 0 saturated heterocycles. The van der Waals surface area contributed by atoms with Crippen LogP contribution in [0.1, 0.15) is 19.4 Å². The fraction of sp³-hybridized carbons (Fsp3) is 0.417. The number of ether oxygens (including phenoxy) is 1. The van der Waals surface area contributed by atoms with Gasteiger partial charge in [0.1, 0.15) is 11.5 Å². The molecule has 0 bridgehead atoms. The quantitative estimate of drug-likeness (QED) is 0.766. The molecular weight excluding hydrogens is 265 g/mol. The van der Waals surface area contributed by atoms with Gasteiger partial charge in [0, 0.05) is 16.9 Å². The van der Waals surface area contributed by atoms with Crippen LogP contribution in [0.3, 0.4) is 0 Å². The Morgan fingerprint density at radius 2 is 2.06 bits per heavy atom. The zero-order valence-corrected chi connectivity index (χ0v) is 10.8.